The zero-order chi connectivity index (χ0) is 46.7. The number of piperazine rings is 1. The first-order valence-electron chi connectivity index (χ1n) is 23.0. The van der Waals surface area contributed by atoms with Gasteiger partial charge in [-0.1, -0.05) is 26.5 Å². The summed E-state index contributed by atoms with van der Waals surface area (Å²) in [6, 6.07) is 15.8. The van der Waals surface area contributed by atoms with Gasteiger partial charge in [-0.05, 0) is 106 Å². The molecule has 346 valence electrons. The average Bonchev–Trinajstić information content (AvgIpc) is 3.79. The summed E-state index contributed by atoms with van der Waals surface area (Å²) in [6.45, 7) is 18.8. The minimum Gasteiger partial charge on any atom is -0.392 e. The molecule has 4 aliphatic rings. The van der Waals surface area contributed by atoms with Gasteiger partial charge in [0.2, 0.25) is 5.91 Å². The van der Waals surface area contributed by atoms with Crippen LogP contribution in [-0.4, -0.2) is 102 Å². The number of amides is 2. The number of carbonyl (C=O) groups is 2. The first-order chi connectivity index (χ1) is 31.5. The first-order valence-corrected chi connectivity index (χ1v) is 23.0. The second-order valence-electron chi connectivity index (χ2n) is 19.6. The Morgan fingerprint density at radius 2 is 1.79 bits per heavy atom. The fourth-order valence-corrected chi connectivity index (χ4v) is 10.4. The van der Waals surface area contributed by atoms with Crippen molar-refractivity contribution in [3.63, 3.8) is 0 Å². The lowest BCUT2D eigenvalue weighted by Crippen LogP contribution is -2.57. The number of nitrogens with zero attached hydrogens (tertiary/aromatic N) is 9. The van der Waals surface area contributed by atoms with E-state index in [1.165, 1.54) is 21.9 Å². The number of pyridine rings is 2. The van der Waals surface area contributed by atoms with E-state index < -0.39 is 12.2 Å². The maximum absolute atomic E-state index is 14.0. The molecule has 9 rings (SSSR count). The summed E-state index contributed by atoms with van der Waals surface area (Å²) in [4.78, 5) is 63.5. The molecule has 1 atom stereocenters. The molecule has 66 heavy (non-hydrogen) atoms. The summed E-state index contributed by atoms with van der Waals surface area (Å²) in [5.41, 5.74) is 5.88. The molecular weight excluding hydrogens is 835 g/mol. The van der Waals surface area contributed by atoms with Gasteiger partial charge in [-0.15, -0.1) is 0 Å². The van der Waals surface area contributed by atoms with Crippen molar-refractivity contribution in [2.75, 3.05) is 64.6 Å². The molecular formula is C50H61N11O5. The van der Waals surface area contributed by atoms with Crippen LogP contribution in [-0.2, 0) is 43.4 Å². The average molecular weight is 896 g/mol. The molecule has 16 nitrogen and oxygen atoms in total. The van der Waals surface area contributed by atoms with Gasteiger partial charge in [0.05, 0.1) is 29.4 Å². The highest BCUT2D eigenvalue weighted by atomic mass is 16.3. The number of piperidine rings is 1. The van der Waals surface area contributed by atoms with Gasteiger partial charge < -0.3 is 39.8 Å². The normalized spacial score (nSPS) is 18.9. The number of aliphatic hydroxyl groups excluding tert-OH is 1. The van der Waals surface area contributed by atoms with E-state index in [0.717, 1.165) is 69.9 Å². The molecule has 3 aliphatic heterocycles. The first kappa shape index (κ1) is 44.8. The van der Waals surface area contributed by atoms with Crippen LogP contribution in [0.1, 0.15) is 80.5 Å². The van der Waals surface area contributed by atoms with E-state index >= 15 is 0 Å². The topological polar surface area (TPSA) is 177 Å². The third kappa shape index (κ3) is 8.60. The van der Waals surface area contributed by atoms with Crippen molar-refractivity contribution in [1.29, 1.82) is 0 Å². The van der Waals surface area contributed by atoms with Gasteiger partial charge in [0.1, 0.15) is 22.9 Å². The van der Waals surface area contributed by atoms with Crippen LogP contribution in [0.15, 0.2) is 78.4 Å². The second-order valence-corrected chi connectivity index (χ2v) is 19.6. The number of benzene rings is 1. The largest absolute Gasteiger partial charge is 0.392 e. The lowest BCUT2D eigenvalue weighted by Gasteiger charge is -2.47. The minimum atomic E-state index is -0.999. The number of rotatable bonds is 11. The molecule has 0 saturated carbocycles. The van der Waals surface area contributed by atoms with E-state index in [1.807, 2.05) is 36.4 Å². The highest BCUT2D eigenvalue weighted by Gasteiger charge is 2.38. The second kappa shape index (κ2) is 17.5. The number of aliphatic hydroxyl groups is 2. The predicted octanol–water partition coefficient (Wildman–Crippen LogP) is 5.59. The Hall–Kier alpha value is -6.36. The smallest absolute Gasteiger partial charge is 0.293 e. The van der Waals surface area contributed by atoms with Crippen LogP contribution in [0, 0.1) is 5.41 Å². The molecule has 4 N–H and O–H groups in total. The van der Waals surface area contributed by atoms with Crippen molar-refractivity contribution in [2.45, 2.75) is 91.1 Å². The summed E-state index contributed by atoms with van der Waals surface area (Å²) in [5.74, 6) is 0.784. The van der Waals surface area contributed by atoms with Gasteiger partial charge in [-0.3, -0.25) is 24.2 Å². The van der Waals surface area contributed by atoms with Crippen LogP contribution >= 0.6 is 0 Å². The number of hydrogen-bond donors (Lipinski definition) is 4. The number of nitrogens with one attached hydrogen (secondary N) is 2. The van der Waals surface area contributed by atoms with Crippen molar-refractivity contribution in [3.8, 4) is 11.3 Å². The molecule has 1 unspecified atom stereocenters. The molecule has 0 spiro atoms. The Kier molecular flexibility index (Phi) is 11.9. The van der Waals surface area contributed by atoms with Crippen LogP contribution in [0.2, 0.25) is 0 Å². The molecule has 0 radical (unpaired) electrons. The van der Waals surface area contributed by atoms with Crippen molar-refractivity contribution in [3.05, 3.63) is 112 Å². The third-order valence-corrected chi connectivity index (χ3v) is 13.8. The Morgan fingerprint density at radius 1 is 1.00 bits per heavy atom. The zero-order valence-electron chi connectivity index (χ0n) is 38.8. The van der Waals surface area contributed by atoms with E-state index in [-0.39, 0.29) is 34.6 Å². The Labute approximate surface area is 385 Å². The molecule has 0 bridgehead atoms. The summed E-state index contributed by atoms with van der Waals surface area (Å²) < 4.78 is 3.58. The lowest BCUT2D eigenvalue weighted by atomic mass is 9.90. The molecule has 2 saturated heterocycles. The standard InChI is InChI=1S/C50H61N11O5/c1-8-44(63)53-37-25-33(12-13-39(37)59-21-20-58(28-31(59)2)34-15-18-57(19-16-34)43-11-9-10-42(55-43)50(5,6)66)52-45-48(65)56(7)29-38(54-45)35-14-17-51-46(36(35)30-62)61-23-22-60-40(47(61)64)24-32-26-49(3,4)27-41(32)60/h8-14,17,24-25,29,31,34,62,66H,1,15-16,18-23,26-28,30H2,2-7H3,(H,52,54)(H,53,63). The van der Waals surface area contributed by atoms with Crippen molar-refractivity contribution in [1.82, 2.24) is 29.0 Å². The van der Waals surface area contributed by atoms with Crippen molar-refractivity contribution in [2.24, 2.45) is 12.5 Å². The molecule has 7 heterocycles. The van der Waals surface area contributed by atoms with E-state index in [1.54, 1.807) is 50.3 Å². The predicted molar refractivity (Wildman–Crippen MR) is 258 cm³/mol. The van der Waals surface area contributed by atoms with Gasteiger partial charge >= 0.3 is 0 Å². The number of hydrogen-bond acceptors (Lipinski definition) is 12. The number of aryl methyl sites for hydroxylation is 1. The SMILES string of the molecule is C=CC(=O)Nc1cc(Nc2nc(-c3ccnc(N4CCn5c(cc6c5CC(C)(C)C6)C4=O)c3CO)cn(C)c2=O)ccc1N1CCN(C2CCN(c3cccc(C(C)(C)O)n3)CC2)CC1C. The molecule has 1 aliphatic carbocycles. The van der Waals surface area contributed by atoms with E-state index in [4.69, 9.17) is 9.97 Å². The zero-order valence-corrected chi connectivity index (χ0v) is 38.8. The summed E-state index contributed by atoms with van der Waals surface area (Å²) >= 11 is 0. The van der Waals surface area contributed by atoms with Crippen molar-refractivity contribution >= 4 is 46.3 Å². The minimum absolute atomic E-state index is 0.0454. The van der Waals surface area contributed by atoms with Gasteiger partial charge in [0.15, 0.2) is 5.82 Å². The molecule has 5 aromatic rings. The lowest BCUT2D eigenvalue weighted by molar-refractivity contribution is -0.111. The highest BCUT2D eigenvalue weighted by molar-refractivity contribution is 6.06. The number of fused-ring (bicyclic) bond motifs is 3. The van der Waals surface area contributed by atoms with Gasteiger partial charge in [-0.25, -0.2) is 15.0 Å². The molecule has 16 heteroatoms. The molecule has 2 amide bonds. The van der Waals surface area contributed by atoms with Crippen LogP contribution in [0.5, 0.6) is 0 Å². The van der Waals surface area contributed by atoms with Crippen LogP contribution in [0.3, 0.4) is 0 Å². The van der Waals surface area contributed by atoms with Gasteiger partial charge in [0.25, 0.3) is 11.5 Å². The quantitative estimate of drug-likeness (QED) is 0.121. The Morgan fingerprint density at radius 3 is 2.52 bits per heavy atom. The summed E-state index contributed by atoms with van der Waals surface area (Å²) in [6.07, 6.45) is 8.31. The molecule has 2 fully saturated rings. The highest BCUT2D eigenvalue weighted by Crippen LogP contribution is 2.40. The maximum atomic E-state index is 14.0. The van der Waals surface area contributed by atoms with Crippen LogP contribution in [0.25, 0.3) is 11.3 Å². The number of aromatic nitrogens is 5. The van der Waals surface area contributed by atoms with E-state index in [0.29, 0.717) is 64.5 Å². The fraction of sp³-hybridized carbons (Fsp3) is 0.440. The van der Waals surface area contributed by atoms with Crippen LogP contribution in [0.4, 0.5) is 34.5 Å². The van der Waals surface area contributed by atoms with E-state index in [2.05, 4.69) is 62.2 Å². The van der Waals surface area contributed by atoms with Crippen molar-refractivity contribution < 1.29 is 19.8 Å². The monoisotopic (exact) mass is 895 g/mol. The molecule has 4 aromatic heterocycles. The fourth-order valence-electron chi connectivity index (χ4n) is 10.4. The summed E-state index contributed by atoms with van der Waals surface area (Å²) in [5, 5.41) is 27.6. The van der Waals surface area contributed by atoms with E-state index in [9.17, 15) is 24.6 Å². The van der Waals surface area contributed by atoms with Gasteiger partial charge in [-0.2, -0.15) is 0 Å². The Bertz CT molecular complexity index is 2760. The molecule has 1 aromatic carbocycles. The van der Waals surface area contributed by atoms with Crippen LogP contribution < -0.4 is 30.9 Å². The third-order valence-electron chi connectivity index (χ3n) is 13.8. The number of carbonyl (C=O) groups excluding carboxylic acids is 2. The Balaban J connectivity index is 0.919. The van der Waals surface area contributed by atoms with Gasteiger partial charge in [0, 0.05) is 99.8 Å². The summed E-state index contributed by atoms with van der Waals surface area (Å²) in [7, 11) is 1.64. The maximum Gasteiger partial charge on any atom is 0.293 e. The number of anilines is 6.